The second-order valence-electron chi connectivity index (χ2n) is 5.02. The Morgan fingerprint density at radius 3 is 2.81 bits per heavy atom. The van der Waals surface area contributed by atoms with E-state index in [4.69, 9.17) is 5.26 Å². The summed E-state index contributed by atoms with van der Waals surface area (Å²) in [4.78, 5) is 23.4. The maximum absolute atomic E-state index is 12.0. The third kappa shape index (κ3) is 1.44. The van der Waals surface area contributed by atoms with E-state index >= 15 is 0 Å². The number of allylic oxidation sites excluding steroid dienone is 1. The Labute approximate surface area is 94.3 Å². The van der Waals surface area contributed by atoms with Crippen LogP contribution in [-0.4, -0.2) is 18.2 Å². The Morgan fingerprint density at radius 2 is 2.19 bits per heavy atom. The molecule has 2 aliphatic rings. The Kier molecular flexibility index (Phi) is 2.34. The lowest BCUT2D eigenvalue weighted by molar-refractivity contribution is -0.133. The number of fused-ring (bicyclic) bond motifs is 1. The molecule has 1 amide bonds. The maximum atomic E-state index is 12.0. The van der Waals surface area contributed by atoms with Crippen molar-refractivity contribution in [3.05, 3.63) is 11.6 Å². The molecule has 0 radical (unpaired) electrons. The highest BCUT2D eigenvalue weighted by Crippen LogP contribution is 2.43. The average Bonchev–Trinajstić information content (AvgIpc) is 2.25. The molecule has 84 valence electrons. The number of ketones is 1. The number of hydrogen-bond acceptors (Lipinski definition) is 3. The van der Waals surface area contributed by atoms with Crippen LogP contribution in [0, 0.1) is 28.6 Å². The van der Waals surface area contributed by atoms with Crippen LogP contribution in [0.1, 0.15) is 20.3 Å². The van der Waals surface area contributed by atoms with Gasteiger partial charge in [-0.15, -0.1) is 0 Å². The van der Waals surface area contributed by atoms with Gasteiger partial charge in [-0.05, 0) is 5.92 Å². The number of piperidine rings is 1. The number of nitrogens with zero attached hydrogens (tertiary/aromatic N) is 1. The molecule has 0 aromatic heterocycles. The second kappa shape index (κ2) is 3.44. The first-order valence-corrected chi connectivity index (χ1v) is 5.40. The van der Waals surface area contributed by atoms with Crippen molar-refractivity contribution in [1.82, 2.24) is 5.32 Å². The number of carbonyl (C=O) groups excluding carboxylic acids is 2. The lowest BCUT2D eigenvalue weighted by Gasteiger charge is -2.42. The minimum absolute atomic E-state index is 0.00377. The van der Waals surface area contributed by atoms with Crippen LogP contribution in [0.3, 0.4) is 0 Å². The predicted molar refractivity (Wildman–Crippen MR) is 57.1 cm³/mol. The summed E-state index contributed by atoms with van der Waals surface area (Å²) in [5.41, 5.74) is -0.371. The first-order chi connectivity index (χ1) is 7.46. The van der Waals surface area contributed by atoms with E-state index in [1.54, 1.807) is 6.08 Å². The highest BCUT2D eigenvalue weighted by molar-refractivity contribution is 6.04. The van der Waals surface area contributed by atoms with Gasteiger partial charge in [-0.1, -0.05) is 19.9 Å². The second-order valence-corrected chi connectivity index (χ2v) is 5.02. The fourth-order valence-electron chi connectivity index (χ4n) is 2.66. The van der Waals surface area contributed by atoms with E-state index < -0.39 is 5.41 Å². The number of carbonyl (C=O) groups is 2. The predicted octanol–water partition coefficient (Wildman–Crippen LogP) is 0.798. The quantitative estimate of drug-likeness (QED) is 0.653. The molecule has 2 unspecified atom stereocenters. The third-order valence-corrected chi connectivity index (χ3v) is 3.72. The molecule has 0 spiro atoms. The first kappa shape index (κ1) is 10.9. The normalized spacial score (nSPS) is 32.2. The van der Waals surface area contributed by atoms with Crippen molar-refractivity contribution in [1.29, 1.82) is 5.26 Å². The minimum Gasteiger partial charge on any atom is -0.355 e. The number of hydrogen-bond donors (Lipinski definition) is 1. The van der Waals surface area contributed by atoms with Crippen molar-refractivity contribution in [2.24, 2.45) is 17.3 Å². The van der Waals surface area contributed by atoms with Crippen LogP contribution in [0.15, 0.2) is 11.6 Å². The summed E-state index contributed by atoms with van der Waals surface area (Å²) in [7, 11) is 0. The van der Waals surface area contributed by atoms with E-state index in [0.717, 1.165) is 0 Å². The van der Waals surface area contributed by atoms with Gasteiger partial charge < -0.3 is 5.32 Å². The first-order valence-electron chi connectivity index (χ1n) is 5.40. The Hall–Kier alpha value is -1.63. The number of Topliss-reactive ketones (excluding diaryl/α,β-unsaturated/α-hetero) is 1. The van der Waals surface area contributed by atoms with Crippen LogP contribution in [0.5, 0.6) is 0 Å². The molecular formula is C12H14N2O2. The lowest BCUT2D eigenvalue weighted by atomic mass is 9.61. The van der Waals surface area contributed by atoms with Crippen molar-refractivity contribution in [2.45, 2.75) is 20.3 Å². The summed E-state index contributed by atoms with van der Waals surface area (Å²) in [5.74, 6) is -0.00668. The molecule has 0 saturated carbocycles. The van der Waals surface area contributed by atoms with Crippen LogP contribution in [-0.2, 0) is 9.59 Å². The average molecular weight is 218 g/mol. The molecular weight excluding hydrogens is 204 g/mol. The molecule has 4 heteroatoms. The van der Waals surface area contributed by atoms with Crippen LogP contribution < -0.4 is 5.32 Å². The van der Waals surface area contributed by atoms with Gasteiger partial charge in [0.1, 0.15) is 6.07 Å². The van der Waals surface area contributed by atoms with Gasteiger partial charge in [0.25, 0.3) is 0 Å². The molecule has 2 rings (SSSR count). The molecule has 1 aliphatic carbocycles. The van der Waals surface area contributed by atoms with Crippen LogP contribution in [0.2, 0.25) is 0 Å². The molecule has 1 aliphatic heterocycles. The summed E-state index contributed by atoms with van der Waals surface area (Å²) in [5, 5.41) is 11.7. The Bertz CT molecular complexity index is 429. The number of amides is 1. The van der Waals surface area contributed by atoms with Crippen molar-refractivity contribution in [3.8, 4) is 6.07 Å². The fourth-order valence-corrected chi connectivity index (χ4v) is 2.66. The van der Waals surface area contributed by atoms with Crippen molar-refractivity contribution < 1.29 is 9.59 Å². The van der Waals surface area contributed by atoms with Crippen LogP contribution in [0.25, 0.3) is 0 Å². The van der Waals surface area contributed by atoms with E-state index in [9.17, 15) is 9.59 Å². The van der Waals surface area contributed by atoms with Crippen molar-refractivity contribution in [2.75, 3.05) is 6.54 Å². The topological polar surface area (TPSA) is 70.0 Å². The van der Waals surface area contributed by atoms with Gasteiger partial charge in [0.2, 0.25) is 5.91 Å². The number of nitriles is 1. The SMILES string of the molecule is CC1(C)C(=O)C(C#N)=CC2CNC(=O)CC21. The van der Waals surface area contributed by atoms with Gasteiger partial charge in [-0.3, -0.25) is 9.59 Å². The maximum Gasteiger partial charge on any atom is 0.220 e. The highest BCUT2D eigenvalue weighted by atomic mass is 16.1. The van der Waals surface area contributed by atoms with Gasteiger partial charge in [-0.2, -0.15) is 5.26 Å². The minimum atomic E-state index is -0.609. The number of rotatable bonds is 0. The van der Waals surface area contributed by atoms with Gasteiger partial charge in [-0.25, -0.2) is 0 Å². The van der Waals surface area contributed by atoms with E-state index in [2.05, 4.69) is 5.32 Å². The van der Waals surface area contributed by atoms with Gasteiger partial charge in [0, 0.05) is 24.3 Å². The Balaban J connectivity index is 2.43. The monoisotopic (exact) mass is 218 g/mol. The zero-order valence-electron chi connectivity index (χ0n) is 9.41. The molecule has 0 aromatic carbocycles. The summed E-state index contributed by atoms with van der Waals surface area (Å²) in [6.45, 7) is 4.19. The lowest BCUT2D eigenvalue weighted by Crippen LogP contribution is -2.50. The molecule has 1 N–H and O–H groups in total. The molecule has 1 fully saturated rings. The molecule has 0 aromatic rings. The van der Waals surface area contributed by atoms with Gasteiger partial charge in [0.05, 0.1) is 5.57 Å². The van der Waals surface area contributed by atoms with Gasteiger partial charge >= 0.3 is 0 Å². The molecule has 2 atom stereocenters. The van der Waals surface area contributed by atoms with E-state index in [0.29, 0.717) is 13.0 Å². The molecule has 16 heavy (non-hydrogen) atoms. The van der Waals surface area contributed by atoms with Crippen molar-refractivity contribution in [3.63, 3.8) is 0 Å². The smallest absolute Gasteiger partial charge is 0.220 e. The standard InChI is InChI=1S/C12H14N2O2/c1-12(2)9-4-10(15)14-6-8(9)3-7(5-13)11(12)16/h3,8-9H,4,6H2,1-2H3,(H,14,15). The molecule has 1 saturated heterocycles. The molecule has 4 nitrogen and oxygen atoms in total. The number of nitrogens with one attached hydrogen (secondary N) is 1. The summed E-state index contributed by atoms with van der Waals surface area (Å²) >= 11 is 0. The van der Waals surface area contributed by atoms with E-state index in [1.807, 2.05) is 19.9 Å². The van der Waals surface area contributed by atoms with Crippen LogP contribution >= 0.6 is 0 Å². The highest BCUT2D eigenvalue weighted by Gasteiger charge is 2.47. The van der Waals surface area contributed by atoms with Gasteiger partial charge in [0.15, 0.2) is 5.78 Å². The molecule has 0 bridgehead atoms. The zero-order valence-corrected chi connectivity index (χ0v) is 9.41. The zero-order chi connectivity index (χ0) is 11.9. The van der Waals surface area contributed by atoms with Crippen LogP contribution in [0.4, 0.5) is 0 Å². The largest absolute Gasteiger partial charge is 0.355 e. The fraction of sp³-hybridized carbons (Fsp3) is 0.583. The summed E-state index contributed by atoms with van der Waals surface area (Å²) in [6, 6.07) is 1.95. The summed E-state index contributed by atoms with van der Waals surface area (Å²) < 4.78 is 0. The third-order valence-electron chi connectivity index (χ3n) is 3.72. The summed E-state index contributed by atoms with van der Waals surface area (Å²) in [6.07, 6.45) is 2.09. The van der Waals surface area contributed by atoms with E-state index in [1.165, 1.54) is 0 Å². The molecule has 1 heterocycles. The van der Waals surface area contributed by atoms with E-state index in [-0.39, 0.29) is 29.1 Å². The van der Waals surface area contributed by atoms with Crippen molar-refractivity contribution >= 4 is 11.7 Å². The Morgan fingerprint density at radius 1 is 1.50 bits per heavy atom.